The van der Waals surface area contributed by atoms with E-state index in [1.807, 2.05) is 0 Å². The third-order valence-corrected chi connectivity index (χ3v) is 5.64. The van der Waals surface area contributed by atoms with Gasteiger partial charge in [0.15, 0.2) is 5.60 Å². The second-order valence-corrected chi connectivity index (χ2v) is 8.15. The molecule has 7 heteroatoms. The Labute approximate surface area is 167 Å². The lowest BCUT2D eigenvalue weighted by Crippen LogP contribution is -2.58. The van der Waals surface area contributed by atoms with Crippen LogP contribution in [0.15, 0.2) is 24.3 Å². The summed E-state index contributed by atoms with van der Waals surface area (Å²) < 4.78 is 0. The zero-order chi connectivity index (χ0) is 20.1. The van der Waals surface area contributed by atoms with Gasteiger partial charge in [0.1, 0.15) is 0 Å². The van der Waals surface area contributed by atoms with Crippen LogP contribution in [-0.2, 0) is 11.3 Å². The van der Waals surface area contributed by atoms with Gasteiger partial charge in [0.2, 0.25) is 0 Å². The van der Waals surface area contributed by atoms with Crippen molar-refractivity contribution in [3.05, 3.63) is 35.4 Å². The summed E-state index contributed by atoms with van der Waals surface area (Å²) in [5.41, 5.74) is 0.986. The molecule has 0 bridgehead atoms. The quantitative estimate of drug-likeness (QED) is 0.586. The van der Waals surface area contributed by atoms with Crippen LogP contribution in [0.3, 0.4) is 0 Å². The highest BCUT2D eigenvalue weighted by Crippen LogP contribution is 2.24. The number of benzene rings is 1. The van der Waals surface area contributed by atoms with Crippen molar-refractivity contribution in [2.24, 2.45) is 0 Å². The van der Waals surface area contributed by atoms with Crippen molar-refractivity contribution < 1.29 is 14.7 Å². The number of urea groups is 1. The second kappa shape index (κ2) is 8.92. The van der Waals surface area contributed by atoms with Crippen LogP contribution < -0.4 is 10.6 Å². The minimum Gasteiger partial charge on any atom is -0.379 e. The van der Waals surface area contributed by atoms with E-state index in [1.54, 1.807) is 9.80 Å². The summed E-state index contributed by atoms with van der Waals surface area (Å²) in [6.45, 7) is 8.22. The van der Waals surface area contributed by atoms with Crippen LogP contribution in [0.4, 0.5) is 4.79 Å². The minimum absolute atomic E-state index is 0.0519. The van der Waals surface area contributed by atoms with Gasteiger partial charge in [0.05, 0.1) is 0 Å². The molecule has 154 valence electrons. The van der Waals surface area contributed by atoms with Gasteiger partial charge in [-0.05, 0) is 29.9 Å². The number of carbonyl (C=O) groups is 2. The molecule has 0 unspecified atom stereocenters. The zero-order valence-electron chi connectivity index (χ0n) is 16.9. The molecule has 28 heavy (non-hydrogen) atoms. The van der Waals surface area contributed by atoms with Crippen LogP contribution in [-0.4, -0.2) is 71.7 Å². The number of carbonyl (C=O) groups excluding carboxylic acids is 2. The van der Waals surface area contributed by atoms with Crippen molar-refractivity contribution in [3.8, 4) is 0 Å². The molecule has 0 spiro atoms. The van der Waals surface area contributed by atoms with E-state index in [0.29, 0.717) is 51.6 Å². The maximum Gasteiger partial charge on any atom is 0.317 e. The minimum atomic E-state index is -1.37. The highest BCUT2D eigenvalue weighted by molar-refractivity contribution is 5.86. The fraction of sp³-hybridized carbons (Fsp3) is 0.619. The van der Waals surface area contributed by atoms with Crippen LogP contribution >= 0.6 is 0 Å². The average Bonchev–Trinajstić information content (AvgIpc) is 3.08. The molecule has 1 aromatic carbocycles. The Kier molecular flexibility index (Phi) is 6.57. The van der Waals surface area contributed by atoms with Crippen LogP contribution in [0.1, 0.15) is 43.7 Å². The van der Waals surface area contributed by atoms with Gasteiger partial charge >= 0.3 is 6.03 Å². The van der Waals surface area contributed by atoms with E-state index in [0.717, 1.165) is 12.0 Å². The van der Waals surface area contributed by atoms with Crippen molar-refractivity contribution in [1.82, 2.24) is 20.4 Å². The first kappa shape index (κ1) is 20.6. The Balaban J connectivity index is 1.51. The number of likely N-dealkylation sites (tertiary alicyclic amines) is 1. The molecule has 2 fully saturated rings. The summed E-state index contributed by atoms with van der Waals surface area (Å²) in [6, 6.07) is 8.29. The predicted molar refractivity (Wildman–Crippen MR) is 108 cm³/mol. The van der Waals surface area contributed by atoms with Crippen LogP contribution in [0.25, 0.3) is 0 Å². The van der Waals surface area contributed by atoms with Crippen molar-refractivity contribution in [2.45, 2.75) is 44.8 Å². The highest BCUT2D eigenvalue weighted by atomic mass is 16.3. The van der Waals surface area contributed by atoms with Gasteiger partial charge in [-0.1, -0.05) is 38.1 Å². The molecule has 2 aliphatic heterocycles. The molecule has 0 aliphatic carbocycles. The number of piperidine rings is 1. The van der Waals surface area contributed by atoms with Crippen molar-refractivity contribution in [3.63, 3.8) is 0 Å². The Morgan fingerprint density at radius 1 is 1.18 bits per heavy atom. The van der Waals surface area contributed by atoms with Gasteiger partial charge < -0.3 is 25.5 Å². The van der Waals surface area contributed by atoms with Gasteiger partial charge in [0.25, 0.3) is 5.91 Å². The van der Waals surface area contributed by atoms with E-state index in [9.17, 15) is 14.7 Å². The van der Waals surface area contributed by atoms with Crippen molar-refractivity contribution >= 4 is 11.9 Å². The van der Waals surface area contributed by atoms with E-state index in [2.05, 4.69) is 48.7 Å². The van der Waals surface area contributed by atoms with Gasteiger partial charge in [-0.2, -0.15) is 0 Å². The van der Waals surface area contributed by atoms with E-state index in [1.165, 1.54) is 5.56 Å². The fourth-order valence-corrected chi connectivity index (χ4v) is 3.84. The number of nitrogens with zero attached hydrogens (tertiary/aromatic N) is 2. The van der Waals surface area contributed by atoms with Crippen LogP contribution in [0.2, 0.25) is 0 Å². The summed E-state index contributed by atoms with van der Waals surface area (Å²) in [5.74, 6) is 0.270. The summed E-state index contributed by atoms with van der Waals surface area (Å²) >= 11 is 0. The molecule has 3 amide bonds. The summed E-state index contributed by atoms with van der Waals surface area (Å²) in [6.07, 6.45) is 1.24. The number of aliphatic hydroxyl groups is 1. The molecule has 1 atom stereocenters. The lowest BCUT2D eigenvalue weighted by atomic mass is 9.91. The lowest BCUT2D eigenvalue weighted by Gasteiger charge is -2.38. The molecule has 2 heterocycles. The Morgan fingerprint density at radius 3 is 2.57 bits per heavy atom. The summed E-state index contributed by atoms with van der Waals surface area (Å²) in [7, 11) is 0. The molecular formula is C21H32N4O3. The molecule has 0 radical (unpaired) electrons. The molecule has 1 aromatic rings. The number of rotatable bonds is 8. The van der Waals surface area contributed by atoms with Crippen LogP contribution in [0.5, 0.6) is 0 Å². The SMILES string of the molecule is CC(C)c1ccc(CN2CCC[C@](O)(CNCCN3CCNC3=O)C2=O)cc1. The summed E-state index contributed by atoms with van der Waals surface area (Å²) in [5, 5.41) is 16.8. The molecule has 0 aromatic heterocycles. The monoisotopic (exact) mass is 388 g/mol. The van der Waals surface area contributed by atoms with E-state index >= 15 is 0 Å². The van der Waals surface area contributed by atoms with E-state index < -0.39 is 5.60 Å². The number of hydrogen-bond acceptors (Lipinski definition) is 4. The normalized spacial score (nSPS) is 22.9. The maximum absolute atomic E-state index is 12.9. The number of nitrogens with one attached hydrogen (secondary N) is 2. The van der Waals surface area contributed by atoms with Gasteiger partial charge in [0, 0.05) is 45.8 Å². The highest BCUT2D eigenvalue weighted by Gasteiger charge is 2.41. The number of hydrogen-bond donors (Lipinski definition) is 3. The molecule has 7 nitrogen and oxygen atoms in total. The molecule has 2 aliphatic rings. The molecule has 2 saturated heterocycles. The van der Waals surface area contributed by atoms with E-state index in [4.69, 9.17) is 0 Å². The topological polar surface area (TPSA) is 84.9 Å². The van der Waals surface area contributed by atoms with Crippen molar-refractivity contribution in [1.29, 1.82) is 0 Å². The predicted octanol–water partition coefficient (Wildman–Crippen LogP) is 1.28. The lowest BCUT2D eigenvalue weighted by molar-refractivity contribution is -0.157. The first-order valence-electron chi connectivity index (χ1n) is 10.2. The van der Waals surface area contributed by atoms with E-state index in [-0.39, 0.29) is 18.5 Å². The second-order valence-electron chi connectivity index (χ2n) is 8.15. The van der Waals surface area contributed by atoms with Crippen LogP contribution in [0, 0.1) is 0 Å². The van der Waals surface area contributed by atoms with Gasteiger partial charge in [-0.15, -0.1) is 0 Å². The standard InChI is InChI=1S/C21H32N4O3/c1-16(2)18-6-4-17(5-7-18)14-25-11-3-8-21(28,19(25)26)15-22-9-12-24-13-10-23-20(24)27/h4-7,16,22,28H,3,8-15H2,1-2H3,(H,23,27)/t21-/m0/s1. The van der Waals surface area contributed by atoms with Gasteiger partial charge in [-0.25, -0.2) is 4.79 Å². The first-order chi connectivity index (χ1) is 13.4. The molecular weight excluding hydrogens is 356 g/mol. The third kappa shape index (κ3) is 4.83. The number of amides is 3. The molecule has 0 saturated carbocycles. The largest absolute Gasteiger partial charge is 0.379 e. The fourth-order valence-electron chi connectivity index (χ4n) is 3.84. The maximum atomic E-state index is 12.9. The van der Waals surface area contributed by atoms with Crippen molar-refractivity contribution in [2.75, 3.05) is 39.3 Å². The molecule has 3 N–H and O–H groups in total. The first-order valence-corrected chi connectivity index (χ1v) is 10.2. The summed E-state index contributed by atoms with van der Waals surface area (Å²) in [4.78, 5) is 27.9. The average molecular weight is 389 g/mol. The smallest absolute Gasteiger partial charge is 0.317 e. The molecule has 3 rings (SSSR count). The Morgan fingerprint density at radius 2 is 1.93 bits per heavy atom. The Bertz CT molecular complexity index is 691. The third-order valence-electron chi connectivity index (χ3n) is 5.64. The Hall–Kier alpha value is -2.12. The zero-order valence-corrected chi connectivity index (χ0v) is 16.9. The van der Waals surface area contributed by atoms with Gasteiger partial charge in [-0.3, -0.25) is 4.79 Å².